The smallest absolute Gasteiger partial charge is 0.275 e. The van der Waals surface area contributed by atoms with Gasteiger partial charge in [-0.2, -0.15) is 0 Å². The summed E-state index contributed by atoms with van der Waals surface area (Å²) in [6.45, 7) is 1.57. The molecule has 0 aliphatic heterocycles. The average molecular weight is 461 g/mol. The van der Waals surface area contributed by atoms with E-state index in [0.717, 1.165) is 38.0 Å². The van der Waals surface area contributed by atoms with Crippen LogP contribution in [0.1, 0.15) is 62.8 Å². The van der Waals surface area contributed by atoms with Crippen LogP contribution in [0, 0.1) is 5.41 Å². The summed E-state index contributed by atoms with van der Waals surface area (Å²) < 4.78 is 10.7. The molecule has 0 saturated heterocycles. The van der Waals surface area contributed by atoms with Gasteiger partial charge in [0.15, 0.2) is 5.82 Å². The van der Waals surface area contributed by atoms with Gasteiger partial charge in [-0.1, -0.05) is 12.8 Å². The third-order valence-corrected chi connectivity index (χ3v) is 5.48. The highest BCUT2D eigenvalue weighted by molar-refractivity contribution is 7.90. The molecular formula is C22H28N4O5S. The molecule has 2 aliphatic carbocycles. The Labute approximate surface area is 191 Å². The van der Waals surface area contributed by atoms with E-state index in [1.54, 1.807) is 31.2 Å². The maximum Gasteiger partial charge on any atom is 0.275 e. The molecule has 1 aromatic heterocycles. The largest absolute Gasteiger partial charge is 0.400 e. The first-order valence-electron chi connectivity index (χ1n) is 10.6. The number of rotatable bonds is 8. The SMILES string of the molecule is CC(O)c1cnc(NC(=O)C(=N)c2ccc(OSOC3CC3)cc2)cn1.OC1CCCC1. The lowest BCUT2D eigenvalue weighted by Crippen LogP contribution is -2.23. The summed E-state index contributed by atoms with van der Waals surface area (Å²) in [5.41, 5.74) is 0.633. The number of benzene rings is 1. The minimum Gasteiger partial charge on any atom is -0.400 e. The number of hydrogen-bond donors (Lipinski definition) is 4. The second-order valence-corrected chi connectivity index (χ2v) is 8.24. The highest BCUT2D eigenvalue weighted by Crippen LogP contribution is 2.29. The molecule has 0 bridgehead atoms. The lowest BCUT2D eigenvalue weighted by atomic mass is 10.1. The topological polar surface area (TPSA) is 138 Å². The number of nitrogens with zero attached hydrogens (tertiary/aromatic N) is 2. The Morgan fingerprint density at radius 1 is 1.16 bits per heavy atom. The Morgan fingerprint density at radius 3 is 2.34 bits per heavy atom. The Kier molecular flexibility index (Phi) is 8.98. The van der Waals surface area contributed by atoms with Gasteiger partial charge in [-0.25, -0.2) is 4.98 Å². The predicted octanol–water partition coefficient (Wildman–Crippen LogP) is 3.58. The van der Waals surface area contributed by atoms with Crippen LogP contribution in [0.2, 0.25) is 0 Å². The van der Waals surface area contributed by atoms with E-state index in [0.29, 0.717) is 17.0 Å². The molecule has 2 aromatic rings. The van der Waals surface area contributed by atoms with Crippen LogP contribution in [-0.2, 0) is 8.98 Å². The molecule has 2 aliphatic rings. The van der Waals surface area contributed by atoms with Gasteiger partial charge in [-0.3, -0.25) is 19.4 Å². The number of amides is 1. The van der Waals surface area contributed by atoms with Crippen molar-refractivity contribution in [2.24, 2.45) is 0 Å². The van der Waals surface area contributed by atoms with E-state index < -0.39 is 12.0 Å². The molecule has 32 heavy (non-hydrogen) atoms. The first kappa shape index (κ1) is 24.1. The number of carbonyl (C=O) groups is 1. The molecule has 1 aromatic carbocycles. The van der Waals surface area contributed by atoms with Crippen molar-refractivity contribution < 1.29 is 23.4 Å². The zero-order chi connectivity index (χ0) is 22.9. The monoisotopic (exact) mass is 460 g/mol. The minimum absolute atomic E-state index is 0.0463. The minimum atomic E-state index is -0.737. The number of aromatic nitrogens is 2. The molecule has 2 saturated carbocycles. The molecule has 9 nitrogen and oxygen atoms in total. The Bertz CT molecular complexity index is 882. The van der Waals surface area contributed by atoms with E-state index in [1.165, 1.54) is 25.2 Å². The third-order valence-electron chi connectivity index (χ3n) is 4.87. The Balaban J connectivity index is 0.000000416. The second kappa shape index (κ2) is 11.9. The van der Waals surface area contributed by atoms with Gasteiger partial charge in [0.05, 0.1) is 36.4 Å². The number of hydrogen-bond acceptors (Lipinski definition) is 9. The number of aliphatic hydroxyl groups is 2. The van der Waals surface area contributed by atoms with Crippen molar-refractivity contribution in [2.45, 2.75) is 63.8 Å². The molecule has 1 amide bonds. The van der Waals surface area contributed by atoms with Gasteiger partial charge < -0.3 is 19.7 Å². The van der Waals surface area contributed by atoms with Gasteiger partial charge in [-0.05, 0) is 56.9 Å². The highest BCUT2D eigenvalue weighted by atomic mass is 32.2. The van der Waals surface area contributed by atoms with Crippen molar-refractivity contribution in [3.05, 3.63) is 47.9 Å². The lowest BCUT2D eigenvalue weighted by molar-refractivity contribution is -0.110. The van der Waals surface area contributed by atoms with Crippen LogP contribution in [0.25, 0.3) is 0 Å². The first-order chi connectivity index (χ1) is 15.4. The van der Waals surface area contributed by atoms with Crippen molar-refractivity contribution in [2.75, 3.05) is 5.32 Å². The van der Waals surface area contributed by atoms with Gasteiger partial charge in [0.2, 0.25) is 12.3 Å². The van der Waals surface area contributed by atoms with Crippen molar-refractivity contribution in [3.8, 4) is 5.75 Å². The molecule has 172 valence electrons. The summed E-state index contributed by atoms with van der Waals surface area (Å²) >= 11 is 0.936. The molecular weight excluding hydrogens is 432 g/mol. The summed E-state index contributed by atoms with van der Waals surface area (Å²) in [4.78, 5) is 20.1. The highest BCUT2D eigenvalue weighted by Gasteiger charge is 2.23. The summed E-state index contributed by atoms with van der Waals surface area (Å²) in [5.74, 6) is 0.175. The van der Waals surface area contributed by atoms with E-state index in [4.69, 9.17) is 18.9 Å². The summed E-state index contributed by atoms with van der Waals surface area (Å²) in [6, 6.07) is 6.57. The standard InChI is InChI=1S/C17H18N4O4S.C5H10O/c1-10(22)14-8-20-15(9-19-14)21-17(23)16(18)11-2-4-12(5-3-11)24-26-25-13-6-7-13;6-5-3-1-2-4-5/h2-5,8-10,13,18,22H,6-7H2,1H3,(H,20,21,23);5-6H,1-4H2. The van der Waals surface area contributed by atoms with Crippen LogP contribution in [-0.4, -0.2) is 44.0 Å². The first-order valence-corrected chi connectivity index (χ1v) is 11.3. The van der Waals surface area contributed by atoms with Crippen molar-refractivity contribution >= 4 is 29.8 Å². The lowest BCUT2D eigenvalue weighted by Gasteiger charge is -2.08. The summed E-state index contributed by atoms with van der Waals surface area (Å²) in [6.07, 6.45) is 8.99. The predicted molar refractivity (Wildman–Crippen MR) is 121 cm³/mol. The molecule has 1 unspecified atom stereocenters. The molecule has 10 heteroatoms. The Hall–Kier alpha value is -2.53. The molecule has 4 rings (SSSR count). The van der Waals surface area contributed by atoms with Gasteiger partial charge >= 0.3 is 0 Å². The zero-order valence-electron chi connectivity index (χ0n) is 17.9. The molecule has 2 fully saturated rings. The van der Waals surface area contributed by atoms with Gasteiger partial charge in [0.1, 0.15) is 11.5 Å². The van der Waals surface area contributed by atoms with Crippen LogP contribution < -0.4 is 9.50 Å². The van der Waals surface area contributed by atoms with Gasteiger partial charge in [0, 0.05) is 5.56 Å². The van der Waals surface area contributed by atoms with E-state index in [1.807, 2.05) is 0 Å². The van der Waals surface area contributed by atoms with Crippen LogP contribution in [0.3, 0.4) is 0 Å². The van der Waals surface area contributed by atoms with Crippen molar-refractivity contribution in [3.63, 3.8) is 0 Å². The van der Waals surface area contributed by atoms with Crippen LogP contribution in [0.5, 0.6) is 5.75 Å². The molecule has 1 atom stereocenters. The van der Waals surface area contributed by atoms with Crippen LogP contribution in [0.4, 0.5) is 5.82 Å². The maximum atomic E-state index is 12.2. The van der Waals surface area contributed by atoms with E-state index >= 15 is 0 Å². The fourth-order valence-corrected chi connectivity index (χ4v) is 3.32. The summed E-state index contributed by atoms with van der Waals surface area (Å²) in [7, 11) is 0. The third kappa shape index (κ3) is 7.86. The normalized spacial score (nSPS) is 16.6. The van der Waals surface area contributed by atoms with E-state index in [9.17, 15) is 9.90 Å². The van der Waals surface area contributed by atoms with E-state index in [-0.39, 0.29) is 23.7 Å². The quantitative estimate of drug-likeness (QED) is 0.346. The number of carbonyl (C=O) groups excluding carboxylic acids is 1. The van der Waals surface area contributed by atoms with Crippen molar-refractivity contribution in [1.82, 2.24) is 9.97 Å². The summed E-state index contributed by atoms with van der Waals surface area (Å²) in [5, 5.41) is 28.6. The second-order valence-electron chi connectivity index (χ2n) is 7.74. The average Bonchev–Trinajstić information content (AvgIpc) is 3.50. The molecule has 0 spiro atoms. The molecule has 0 radical (unpaired) electrons. The molecule has 4 N–H and O–H groups in total. The number of nitrogens with one attached hydrogen (secondary N) is 2. The maximum absolute atomic E-state index is 12.2. The number of aliphatic hydroxyl groups excluding tert-OH is 2. The number of anilines is 1. The van der Waals surface area contributed by atoms with E-state index in [2.05, 4.69) is 15.3 Å². The van der Waals surface area contributed by atoms with Crippen LogP contribution >= 0.6 is 12.3 Å². The zero-order valence-corrected chi connectivity index (χ0v) is 18.7. The van der Waals surface area contributed by atoms with Gasteiger partial charge in [0.25, 0.3) is 5.91 Å². The fourth-order valence-electron chi connectivity index (χ4n) is 2.79. The van der Waals surface area contributed by atoms with Crippen molar-refractivity contribution in [1.29, 1.82) is 5.41 Å². The van der Waals surface area contributed by atoms with Gasteiger partial charge in [-0.15, -0.1) is 0 Å². The Morgan fingerprint density at radius 2 is 1.84 bits per heavy atom. The fraction of sp³-hybridized carbons (Fsp3) is 0.455. The molecule has 1 heterocycles. The van der Waals surface area contributed by atoms with Crippen LogP contribution in [0.15, 0.2) is 36.7 Å².